The molecule has 1 atom stereocenters. The van der Waals surface area contributed by atoms with Crippen molar-refractivity contribution < 1.29 is 33.4 Å². The van der Waals surface area contributed by atoms with E-state index in [1.54, 1.807) is 62.4 Å². The number of hydrogen-bond acceptors (Lipinski definition) is 8. The summed E-state index contributed by atoms with van der Waals surface area (Å²) in [5.74, 6) is -2.71. The fraction of sp³-hybridized carbons (Fsp3) is 0.310. The van der Waals surface area contributed by atoms with Crippen LogP contribution in [-0.4, -0.2) is 62.1 Å². The molecule has 39 heavy (non-hydrogen) atoms. The molecule has 2 amide bonds. The number of esters is 2. The van der Waals surface area contributed by atoms with Gasteiger partial charge in [-0.2, -0.15) is 0 Å². The highest BCUT2D eigenvalue weighted by Crippen LogP contribution is 2.41. The van der Waals surface area contributed by atoms with Crippen LogP contribution < -0.4 is 5.32 Å². The summed E-state index contributed by atoms with van der Waals surface area (Å²) in [7, 11) is 1.27. The van der Waals surface area contributed by atoms with Crippen molar-refractivity contribution in [2.45, 2.75) is 26.2 Å². The van der Waals surface area contributed by atoms with Gasteiger partial charge in [-0.15, -0.1) is 0 Å². The van der Waals surface area contributed by atoms with E-state index in [4.69, 9.17) is 25.8 Å². The largest absolute Gasteiger partial charge is 0.466 e. The molecule has 0 bridgehead atoms. The van der Waals surface area contributed by atoms with Gasteiger partial charge in [0.1, 0.15) is 0 Å². The van der Waals surface area contributed by atoms with Gasteiger partial charge in [0.25, 0.3) is 11.8 Å². The number of ether oxygens (including phenoxy) is 3. The van der Waals surface area contributed by atoms with Gasteiger partial charge in [0.15, 0.2) is 0 Å². The number of imide groups is 1. The number of benzene rings is 2. The monoisotopic (exact) mass is 552 g/mol. The van der Waals surface area contributed by atoms with E-state index in [9.17, 15) is 19.2 Å². The lowest BCUT2D eigenvalue weighted by atomic mass is 9.80. The molecule has 2 aliphatic heterocycles. The van der Waals surface area contributed by atoms with Gasteiger partial charge in [-0.3, -0.25) is 14.5 Å². The summed E-state index contributed by atoms with van der Waals surface area (Å²) < 4.78 is 16.3. The quantitative estimate of drug-likeness (QED) is 0.267. The minimum Gasteiger partial charge on any atom is -0.466 e. The zero-order valence-corrected chi connectivity index (χ0v) is 22.7. The maximum Gasteiger partial charge on any atom is 0.336 e. The molecule has 4 rings (SSSR count). The van der Waals surface area contributed by atoms with Crippen molar-refractivity contribution in [2.75, 3.05) is 33.5 Å². The highest BCUT2D eigenvalue weighted by molar-refractivity contribution is 6.31. The van der Waals surface area contributed by atoms with E-state index >= 15 is 0 Å². The molecule has 2 heterocycles. The van der Waals surface area contributed by atoms with Crippen molar-refractivity contribution in [2.24, 2.45) is 0 Å². The lowest BCUT2D eigenvalue weighted by Gasteiger charge is -2.31. The number of fused-ring (bicyclic) bond motifs is 1. The van der Waals surface area contributed by atoms with Gasteiger partial charge in [-0.05, 0) is 44.0 Å². The fourth-order valence-electron chi connectivity index (χ4n) is 4.80. The van der Waals surface area contributed by atoms with Crippen LogP contribution in [0, 0.1) is 0 Å². The molecule has 0 radical (unpaired) electrons. The molecular weight excluding hydrogens is 524 g/mol. The molecule has 0 fully saturated rings. The van der Waals surface area contributed by atoms with E-state index in [-0.39, 0.29) is 49.3 Å². The molecule has 1 N–H and O–H groups in total. The van der Waals surface area contributed by atoms with Crippen LogP contribution in [0.5, 0.6) is 0 Å². The standard InChI is InChI=1S/C29H29ClN2O7/c1-4-39-29(36)25-22(16-38-15-9-14-32-26(33)18-10-5-6-11-19(18)27(32)34)31-17(2)23(28(35)37-3)24(25)20-12-7-8-13-21(20)30/h5-8,10-13,24,31H,4,9,14-16H2,1-3H3. The Morgan fingerprint density at radius 2 is 1.62 bits per heavy atom. The van der Waals surface area contributed by atoms with Gasteiger partial charge in [0.2, 0.25) is 0 Å². The Hall–Kier alpha value is -3.95. The molecular formula is C29H29ClN2O7. The van der Waals surface area contributed by atoms with Crippen LogP contribution in [0.4, 0.5) is 0 Å². The van der Waals surface area contributed by atoms with E-state index in [1.807, 2.05) is 0 Å². The third-order valence-corrected chi connectivity index (χ3v) is 6.90. The van der Waals surface area contributed by atoms with Crippen LogP contribution in [0.3, 0.4) is 0 Å². The highest BCUT2D eigenvalue weighted by atomic mass is 35.5. The first-order chi connectivity index (χ1) is 18.8. The summed E-state index contributed by atoms with van der Waals surface area (Å²) in [5, 5.41) is 3.50. The van der Waals surface area contributed by atoms with Crippen molar-refractivity contribution in [3.8, 4) is 0 Å². The number of nitrogens with zero attached hydrogens (tertiary/aromatic N) is 1. The second-order valence-electron chi connectivity index (χ2n) is 8.94. The highest BCUT2D eigenvalue weighted by Gasteiger charge is 2.40. The van der Waals surface area contributed by atoms with Gasteiger partial charge in [0, 0.05) is 23.9 Å². The number of amides is 2. The molecule has 1 unspecified atom stereocenters. The smallest absolute Gasteiger partial charge is 0.336 e. The third kappa shape index (κ3) is 5.60. The molecule has 0 aromatic heterocycles. The molecule has 0 saturated carbocycles. The Morgan fingerprint density at radius 1 is 0.974 bits per heavy atom. The Kier molecular flexibility index (Phi) is 8.83. The second-order valence-corrected chi connectivity index (χ2v) is 9.34. The first kappa shape index (κ1) is 28.1. The van der Waals surface area contributed by atoms with E-state index < -0.39 is 17.9 Å². The van der Waals surface area contributed by atoms with Crippen LogP contribution >= 0.6 is 11.6 Å². The van der Waals surface area contributed by atoms with Gasteiger partial charge >= 0.3 is 11.9 Å². The Morgan fingerprint density at radius 3 is 2.23 bits per heavy atom. The first-order valence-electron chi connectivity index (χ1n) is 12.5. The maximum absolute atomic E-state index is 13.2. The predicted octanol–water partition coefficient (Wildman–Crippen LogP) is 3.99. The Bertz CT molecular complexity index is 1350. The molecule has 0 spiro atoms. The fourth-order valence-corrected chi connectivity index (χ4v) is 5.05. The summed E-state index contributed by atoms with van der Waals surface area (Å²) in [5.41, 5.74) is 2.68. The van der Waals surface area contributed by atoms with E-state index in [0.29, 0.717) is 39.5 Å². The molecule has 10 heteroatoms. The first-order valence-corrected chi connectivity index (χ1v) is 12.9. The number of rotatable bonds is 10. The average molecular weight is 553 g/mol. The number of methoxy groups -OCH3 is 1. The number of allylic oxidation sites excluding steroid dienone is 1. The zero-order valence-electron chi connectivity index (χ0n) is 21.9. The van der Waals surface area contributed by atoms with Crippen LogP contribution in [0.2, 0.25) is 5.02 Å². The summed E-state index contributed by atoms with van der Waals surface area (Å²) in [4.78, 5) is 52.4. The van der Waals surface area contributed by atoms with E-state index in [2.05, 4.69) is 5.32 Å². The van der Waals surface area contributed by atoms with Crippen LogP contribution in [0.15, 0.2) is 71.1 Å². The minimum absolute atomic E-state index is 0.0109. The van der Waals surface area contributed by atoms with Crippen molar-refractivity contribution in [3.63, 3.8) is 0 Å². The molecule has 2 aromatic carbocycles. The molecule has 0 aliphatic carbocycles. The lowest BCUT2D eigenvalue weighted by molar-refractivity contribution is -0.139. The normalized spacial score (nSPS) is 16.8. The van der Waals surface area contributed by atoms with E-state index in [0.717, 1.165) is 0 Å². The molecule has 0 saturated heterocycles. The van der Waals surface area contributed by atoms with Crippen molar-refractivity contribution in [3.05, 3.63) is 92.8 Å². The van der Waals surface area contributed by atoms with Gasteiger partial charge in [0.05, 0.1) is 54.2 Å². The second kappa shape index (κ2) is 12.3. The van der Waals surface area contributed by atoms with Gasteiger partial charge in [-0.1, -0.05) is 41.9 Å². The number of carbonyl (C=O) groups is 4. The summed E-state index contributed by atoms with van der Waals surface area (Å²) in [6, 6.07) is 13.7. The number of dihydropyridines is 1. The number of nitrogens with one attached hydrogen (secondary N) is 1. The summed E-state index contributed by atoms with van der Waals surface area (Å²) in [6.07, 6.45) is 0.393. The Balaban J connectivity index is 1.54. The van der Waals surface area contributed by atoms with Gasteiger partial charge < -0.3 is 19.5 Å². The minimum atomic E-state index is -0.844. The van der Waals surface area contributed by atoms with E-state index in [1.165, 1.54) is 12.0 Å². The molecule has 204 valence electrons. The Labute approximate surface area is 231 Å². The summed E-state index contributed by atoms with van der Waals surface area (Å²) >= 11 is 6.52. The zero-order chi connectivity index (χ0) is 28.1. The maximum atomic E-state index is 13.2. The van der Waals surface area contributed by atoms with Crippen LogP contribution in [0.1, 0.15) is 52.5 Å². The number of hydrogen-bond donors (Lipinski definition) is 1. The van der Waals surface area contributed by atoms with Crippen molar-refractivity contribution in [1.29, 1.82) is 0 Å². The van der Waals surface area contributed by atoms with Crippen LogP contribution in [-0.2, 0) is 23.8 Å². The number of carbonyl (C=O) groups excluding carboxylic acids is 4. The molecule has 9 nitrogen and oxygen atoms in total. The number of halogens is 1. The SMILES string of the molecule is CCOC(=O)C1=C(COCCCN2C(=O)c3ccccc3C2=O)NC(C)=C(C(=O)OC)C1c1ccccc1Cl. The van der Waals surface area contributed by atoms with Crippen molar-refractivity contribution >= 4 is 35.4 Å². The van der Waals surface area contributed by atoms with Gasteiger partial charge in [-0.25, -0.2) is 9.59 Å². The molecule has 2 aromatic rings. The third-order valence-electron chi connectivity index (χ3n) is 6.56. The topological polar surface area (TPSA) is 111 Å². The lowest BCUT2D eigenvalue weighted by Crippen LogP contribution is -2.35. The average Bonchev–Trinajstić information content (AvgIpc) is 3.17. The van der Waals surface area contributed by atoms with Crippen molar-refractivity contribution in [1.82, 2.24) is 10.2 Å². The predicted molar refractivity (Wildman–Crippen MR) is 143 cm³/mol. The molecule has 2 aliphatic rings. The van der Waals surface area contributed by atoms with Crippen LogP contribution in [0.25, 0.3) is 0 Å². The summed E-state index contributed by atoms with van der Waals surface area (Å²) in [6.45, 7) is 3.91.